The van der Waals surface area contributed by atoms with Gasteiger partial charge in [0.25, 0.3) is 5.91 Å². The molecular formula is C13H17N3O2. The van der Waals surface area contributed by atoms with Gasteiger partial charge in [0.05, 0.1) is 12.6 Å². The third-order valence-corrected chi connectivity index (χ3v) is 2.85. The standard InChI is InChI=1S/C13H17N3O2/c1-5-11-14-12(13(17)15(2)3)10-8-9(18-4)6-7-16(10)11/h6-8H,5H2,1-4H3. The van der Waals surface area contributed by atoms with E-state index in [0.717, 1.165) is 23.5 Å². The second-order valence-corrected chi connectivity index (χ2v) is 4.25. The maximum Gasteiger partial charge on any atom is 0.274 e. The van der Waals surface area contributed by atoms with Crippen molar-refractivity contribution in [2.24, 2.45) is 0 Å². The fourth-order valence-corrected chi connectivity index (χ4v) is 1.87. The van der Waals surface area contributed by atoms with Crippen molar-refractivity contribution >= 4 is 11.4 Å². The second-order valence-electron chi connectivity index (χ2n) is 4.25. The van der Waals surface area contributed by atoms with E-state index in [4.69, 9.17) is 4.74 Å². The van der Waals surface area contributed by atoms with E-state index in [2.05, 4.69) is 4.98 Å². The molecule has 0 unspecified atom stereocenters. The minimum absolute atomic E-state index is 0.0968. The molecule has 5 heteroatoms. The van der Waals surface area contributed by atoms with Crippen LogP contribution in [0.25, 0.3) is 5.52 Å². The van der Waals surface area contributed by atoms with Crippen LogP contribution in [0.4, 0.5) is 0 Å². The zero-order chi connectivity index (χ0) is 13.3. The first kappa shape index (κ1) is 12.4. The molecule has 0 saturated heterocycles. The maximum atomic E-state index is 12.1. The van der Waals surface area contributed by atoms with Crippen LogP contribution in [-0.4, -0.2) is 41.4 Å². The predicted octanol–water partition coefficient (Wildman–Crippen LogP) is 1.61. The third kappa shape index (κ3) is 1.92. The highest BCUT2D eigenvalue weighted by molar-refractivity contribution is 5.99. The number of amides is 1. The first-order valence-corrected chi connectivity index (χ1v) is 5.85. The summed E-state index contributed by atoms with van der Waals surface area (Å²) in [6.45, 7) is 2.02. The van der Waals surface area contributed by atoms with Crippen LogP contribution in [0.5, 0.6) is 5.75 Å². The van der Waals surface area contributed by atoms with E-state index in [1.165, 1.54) is 4.90 Å². The topological polar surface area (TPSA) is 46.8 Å². The molecule has 2 aromatic heterocycles. The van der Waals surface area contributed by atoms with Crippen LogP contribution in [0.15, 0.2) is 18.3 Å². The number of nitrogens with zero attached hydrogens (tertiary/aromatic N) is 3. The quantitative estimate of drug-likeness (QED) is 0.827. The number of pyridine rings is 1. The molecule has 2 aromatic rings. The van der Waals surface area contributed by atoms with Gasteiger partial charge in [0.2, 0.25) is 0 Å². The average Bonchev–Trinajstić information content (AvgIpc) is 2.75. The number of aromatic nitrogens is 2. The van der Waals surface area contributed by atoms with Gasteiger partial charge in [-0.3, -0.25) is 4.79 Å². The SMILES string of the molecule is CCc1nc(C(=O)N(C)C)c2cc(OC)ccn12. The van der Waals surface area contributed by atoms with E-state index < -0.39 is 0 Å². The summed E-state index contributed by atoms with van der Waals surface area (Å²) >= 11 is 0. The Labute approximate surface area is 106 Å². The first-order valence-electron chi connectivity index (χ1n) is 5.85. The molecule has 0 fully saturated rings. The number of rotatable bonds is 3. The number of methoxy groups -OCH3 is 1. The van der Waals surface area contributed by atoms with E-state index in [0.29, 0.717) is 5.69 Å². The van der Waals surface area contributed by atoms with Crippen molar-refractivity contribution in [2.45, 2.75) is 13.3 Å². The van der Waals surface area contributed by atoms with Crippen LogP contribution in [-0.2, 0) is 6.42 Å². The van der Waals surface area contributed by atoms with Crippen LogP contribution in [0, 0.1) is 0 Å². The zero-order valence-electron chi connectivity index (χ0n) is 11.1. The Bertz CT molecular complexity index is 587. The van der Waals surface area contributed by atoms with Gasteiger partial charge >= 0.3 is 0 Å². The number of ether oxygens (including phenoxy) is 1. The third-order valence-electron chi connectivity index (χ3n) is 2.85. The number of hydrogen-bond donors (Lipinski definition) is 0. The van der Waals surface area contributed by atoms with E-state index in [9.17, 15) is 4.79 Å². The number of fused-ring (bicyclic) bond motifs is 1. The minimum atomic E-state index is -0.0968. The molecule has 0 aromatic carbocycles. The van der Waals surface area contributed by atoms with Crippen molar-refractivity contribution in [3.05, 3.63) is 29.8 Å². The van der Waals surface area contributed by atoms with Gasteiger partial charge in [-0.25, -0.2) is 4.98 Å². The predicted molar refractivity (Wildman–Crippen MR) is 69.1 cm³/mol. The molecule has 2 rings (SSSR count). The molecule has 0 saturated carbocycles. The summed E-state index contributed by atoms with van der Waals surface area (Å²) in [6.07, 6.45) is 2.65. The zero-order valence-corrected chi connectivity index (χ0v) is 11.1. The van der Waals surface area contributed by atoms with E-state index in [1.54, 1.807) is 21.2 Å². The fourth-order valence-electron chi connectivity index (χ4n) is 1.87. The molecule has 0 aliphatic rings. The molecule has 0 aliphatic heterocycles. The number of hydrogen-bond acceptors (Lipinski definition) is 3. The molecular weight excluding hydrogens is 230 g/mol. The van der Waals surface area contributed by atoms with Gasteiger partial charge in [0, 0.05) is 32.8 Å². The van der Waals surface area contributed by atoms with Crippen molar-refractivity contribution in [3.8, 4) is 5.75 Å². The summed E-state index contributed by atoms with van der Waals surface area (Å²) in [6, 6.07) is 3.70. The smallest absolute Gasteiger partial charge is 0.274 e. The van der Waals surface area contributed by atoms with Crippen molar-refractivity contribution in [3.63, 3.8) is 0 Å². The maximum absolute atomic E-state index is 12.1. The van der Waals surface area contributed by atoms with Gasteiger partial charge < -0.3 is 14.0 Å². The Balaban J connectivity index is 2.68. The lowest BCUT2D eigenvalue weighted by atomic mass is 10.3. The molecule has 0 spiro atoms. The Hall–Kier alpha value is -2.04. The van der Waals surface area contributed by atoms with Gasteiger partial charge in [-0.15, -0.1) is 0 Å². The average molecular weight is 247 g/mol. The number of imidazole rings is 1. The number of carbonyl (C=O) groups excluding carboxylic acids is 1. The van der Waals surface area contributed by atoms with Gasteiger partial charge in [-0.05, 0) is 6.07 Å². The molecule has 1 amide bonds. The molecule has 0 atom stereocenters. The molecule has 0 aliphatic carbocycles. The second kappa shape index (κ2) is 4.68. The number of aryl methyl sites for hydroxylation is 1. The van der Waals surface area contributed by atoms with Crippen LogP contribution in [0.3, 0.4) is 0 Å². The summed E-state index contributed by atoms with van der Waals surface area (Å²) in [5, 5.41) is 0. The molecule has 96 valence electrons. The molecule has 2 heterocycles. The lowest BCUT2D eigenvalue weighted by Gasteiger charge is -2.08. The molecule has 18 heavy (non-hydrogen) atoms. The Kier molecular flexibility index (Phi) is 3.23. The van der Waals surface area contributed by atoms with E-state index in [-0.39, 0.29) is 5.91 Å². The highest BCUT2D eigenvalue weighted by atomic mass is 16.5. The van der Waals surface area contributed by atoms with Gasteiger partial charge in [0.15, 0.2) is 5.69 Å². The summed E-state index contributed by atoms with van der Waals surface area (Å²) in [4.78, 5) is 18.0. The summed E-state index contributed by atoms with van der Waals surface area (Å²) < 4.78 is 7.12. The van der Waals surface area contributed by atoms with Gasteiger partial charge in [0.1, 0.15) is 11.6 Å². The van der Waals surface area contributed by atoms with Gasteiger partial charge in [-0.2, -0.15) is 0 Å². The molecule has 5 nitrogen and oxygen atoms in total. The summed E-state index contributed by atoms with van der Waals surface area (Å²) in [7, 11) is 5.05. The Morgan fingerprint density at radius 1 is 1.50 bits per heavy atom. The Morgan fingerprint density at radius 2 is 2.22 bits per heavy atom. The van der Waals surface area contributed by atoms with E-state index in [1.807, 2.05) is 29.7 Å². The van der Waals surface area contributed by atoms with Crippen molar-refractivity contribution in [2.75, 3.05) is 21.2 Å². The highest BCUT2D eigenvalue weighted by Gasteiger charge is 2.18. The lowest BCUT2D eigenvalue weighted by Crippen LogP contribution is -2.22. The van der Waals surface area contributed by atoms with Crippen LogP contribution >= 0.6 is 0 Å². The van der Waals surface area contributed by atoms with Crippen LogP contribution in [0.2, 0.25) is 0 Å². The minimum Gasteiger partial charge on any atom is -0.497 e. The first-order chi connectivity index (χ1) is 8.58. The lowest BCUT2D eigenvalue weighted by molar-refractivity contribution is 0.0824. The van der Waals surface area contributed by atoms with Crippen LogP contribution in [0.1, 0.15) is 23.2 Å². The molecule has 0 bridgehead atoms. The highest BCUT2D eigenvalue weighted by Crippen LogP contribution is 2.20. The number of carbonyl (C=O) groups is 1. The van der Waals surface area contributed by atoms with E-state index >= 15 is 0 Å². The van der Waals surface area contributed by atoms with Gasteiger partial charge in [-0.1, -0.05) is 6.92 Å². The molecule has 0 N–H and O–H groups in total. The molecule has 0 radical (unpaired) electrons. The monoisotopic (exact) mass is 247 g/mol. The fraction of sp³-hybridized carbons (Fsp3) is 0.385. The largest absolute Gasteiger partial charge is 0.497 e. The summed E-state index contributed by atoms with van der Waals surface area (Å²) in [5.74, 6) is 1.50. The Morgan fingerprint density at radius 3 is 2.78 bits per heavy atom. The van der Waals surface area contributed by atoms with Crippen molar-refractivity contribution in [1.29, 1.82) is 0 Å². The van der Waals surface area contributed by atoms with Crippen LogP contribution < -0.4 is 4.74 Å². The normalized spacial score (nSPS) is 10.7. The van der Waals surface area contributed by atoms with Crippen molar-refractivity contribution in [1.82, 2.24) is 14.3 Å². The van der Waals surface area contributed by atoms with Crippen molar-refractivity contribution < 1.29 is 9.53 Å². The summed E-state index contributed by atoms with van der Waals surface area (Å²) in [5.41, 5.74) is 1.25.